The first-order valence-electron chi connectivity index (χ1n) is 13.7. The summed E-state index contributed by atoms with van der Waals surface area (Å²) < 4.78 is 5.76. The zero-order valence-corrected chi connectivity index (χ0v) is 23.8. The number of Topliss-reactive ketones (excluding diaryl/α,β-unsaturated/α-hetero) is 2. The average Bonchev–Trinajstić information content (AvgIpc) is 2.82. The van der Waals surface area contributed by atoms with Crippen LogP contribution in [0.4, 0.5) is 5.69 Å². The number of amides is 1. The second-order valence-corrected chi connectivity index (χ2v) is 12.9. The molecule has 0 aromatic heterocycles. The highest BCUT2D eigenvalue weighted by Crippen LogP contribution is 2.51. The number of ketones is 2. The zero-order valence-electron chi connectivity index (χ0n) is 23.8. The van der Waals surface area contributed by atoms with E-state index in [9.17, 15) is 14.4 Å². The van der Waals surface area contributed by atoms with Gasteiger partial charge in [0.05, 0.1) is 0 Å². The third-order valence-corrected chi connectivity index (χ3v) is 8.09. The molecule has 2 aromatic carbocycles. The summed E-state index contributed by atoms with van der Waals surface area (Å²) >= 11 is 0. The lowest BCUT2D eigenvalue weighted by Crippen LogP contribution is -2.42. The highest BCUT2D eigenvalue weighted by molar-refractivity contribution is 6.06. The molecule has 6 heteroatoms. The number of aryl methyl sites for hydroxylation is 2. The Bertz CT molecular complexity index is 1370. The first-order valence-corrected chi connectivity index (χ1v) is 13.7. The molecule has 1 aliphatic heterocycles. The molecule has 2 aliphatic carbocycles. The van der Waals surface area contributed by atoms with Crippen molar-refractivity contribution in [3.05, 3.63) is 81.7 Å². The van der Waals surface area contributed by atoms with Gasteiger partial charge < -0.3 is 15.4 Å². The van der Waals surface area contributed by atoms with E-state index in [1.807, 2.05) is 56.3 Å². The van der Waals surface area contributed by atoms with Crippen LogP contribution in [0.25, 0.3) is 0 Å². The minimum absolute atomic E-state index is 0.103. The highest BCUT2D eigenvalue weighted by Gasteiger charge is 2.46. The number of carbonyl (C=O) groups excluding carboxylic acids is 3. The summed E-state index contributed by atoms with van der Waals surface area (Å²) in [5, 5.41) is 6.42. The van der Waals surface area contributed by atoms with Gasteiger partial charge in [0.15, 0.2) is 18.2 Å². The smallest absolute Gasteiger partial charge is 0.262 e. The Hall–Kier alpha value is -3.67. The van der Waals surface area contributed by atoms with Crippen molar-refractivity contribution in [2.24, 2.45) is 10.8 Å². The Morgan fingerprint density at radius 1 is 0.846 bits per heavy atom. The second-order valence-electron chi connectivity index (χ2n) is 12.9. The van der Waals surface area contributed by atoms with Crippen LogP contribution in [0.15, 0.2) is 65.0 Å². The van der Waals surface area contributed by atoms with Gasteiger partial charge in [-0.15, -0.1) is 0 Å². The number of rotatable bonds is 5. The van der Waals surface area contributed by atoms with E-state index < -0.39 is 0 Å². The fourth-order valence-electron chi connectivity index (χ4n) is 6.14. The van der Waals surface area contributed by atoms with Gasteiger partial charge >= 0.3 is 0 Å². The Labute approximate surface area is 230 Å². The van der Waals surface area contributed by atoms with Crippen molar-refractivity contribution in [2.75, 3.05) is 11.9 Å². The van der Waals surface area contributed by atoms with Gasteiger partial charge in [-0.3, -0.25) is 14.4 Å². The molecule has 0 spiro atoms. The van der Waals surface area contributed by atoms with E-state index in [0.717, 1.165) is 52.2 Å². The number of hydrogen-bond acceptors (Lipinski definition) is 5. The van der Waals surface area contributed by atoms with Gasteiger partial charge in [0.25, 0.3) is 5.91 Å². The first-order chi connectivity index (χ1) is 18.3. The number of allylic oxidation sites excluding steroid dienone is 4. The predicted molar refractivity (Wildman–Crippen MR) is 152 cm³/mol. The number of hydrogen-bond donors (Lipinski definition) is 2. The van der Waals surface area contributed by atoms with Gasteiger partial charge in [-0.25, -0.2) is 0 Å². The molecule has 3 aliphatic rings. The second kappa shape index (κ2) is 9.82. The van der Waals surface area contributed by atoms with Gasteiger partial charge in [0, 0.05) is 47.0 Å². The quantitative estimate of drug-likeness (QED) is 0.478. The van der Waals surface area contributed by atoms with E-state index in [1.54, 1.807) is 0 Å². The van der Waals surface area contributed by atoms with Crippen molar-refractivity contribution >= 4 is 23.2 Å². The summed E-state index contributed by atoms with van der Waals surface area (Å²) in [6.45, 7) is 12.4. The maximum atomic E-state index is 13.5. The van der Waals surface area contributed by atoms with E-state index in [1.165, 1.54) is 5.56 Å². The average molecular weight is 527 g/mol. The summed E-state index contributed by atoms with van der Waals surface area (Å²) in [6, 6.07) is 13.3. The maximum absolute atomic E-state index is 13.5. The van der Waals surface area contributed by atoms with Crippen LogP contribution in [-0.4, -0.2) is 24.1 Å². The number of nitrogens with one attached hydrogen (secondary N) is 2. The molecule has 2 aromatic rings. The molecule has 204 valence electrons. The Morgan fingerprint density at radius 3 is 1.95 bits per heavy atom. The number of ether oxygens (including phenoxy) is 1. The van der Waals surface area contributed by atoms with E-state index in [4.69, 9.17) is 4.74 Å². The molecule has 5 rings (SSSR count). The molecular formula is C33H38N2O4. The first kappa shape index (κ1) is 26.9. The van der Waals surface area contributed by atoms with Crippen LogP contribution in [0, 0.1) is 24.7 Å². The molecule has 0 fully saturated rings. The van der Waals surface area contributed by atoms with Crippen LogP contribution in [0.5, 0.6) is 5.75 Å². The van der Waals surface area contributed by atoms with Crippen molar-refractivity contribution in [3.8, 4) is 5.75 Å². The molecule has 0 saturated heterocycles. The lowest BCUT2D eigenvalue weighted by atomic mass is 9.64. The minimum atomic E-state index is -0.384. The normalized spacial score (nSPS) is 20.3. The Balaban J connectivity index is 1.38. The topological polar surface area (TPSA) is 84.5 Å². The van der Waals surface area contributed by atoms with Crippen LogP contribution in [0.1, 0.15) is 76.0 Å². The van der Waals surface area contributed by atoms with Crippen molar-refractivity contribution < 1.29 is 19.1 Å². The maximum Gasteiger partial charge on any atom is 0.262 e. The van der Waals surface area contributed by atoms with E-state index >= 15 is 0 Å². The van der Waals surface area contributed by atoms with Crippen LogP contribution < -0.4 is 15.4 Å². The summed E-state index contributed by atoms with van der Waals surface area (Å²) in [4.78, 5) is 39.4. The van der Waals surface area contributed by atoms with Gasteiger partial charge in [-0.2, -0.15) is 0 Å². The number of benzene rings is 2. The lowest BCUT2D eigenvalue weighted by molar-refractivity contribution is -0.119. The summed E-state index contributed by atoms with van der Waals surface area (Å²) in [5.41, 5.74) is 7.00. The van der Waals surface area contributed by atoms with Crippen LogP contribution >= 0.6 is 0 Å². The standard InChI is InChI=1S/C33H38N2O4/c1-19-7-10-22(13-20(19)2)34-28(38)18-39-23-11-8-21(9-12-23)29-30-24(14-32(3,4)16-26(30)36)35-25-15-33(5,6)17-27(37)31(25)29/h7-13,29,35H,14-18H2,1-6H3,(H,34,38). The van der Waals surface area contributed by atoms with E-state index in [-0.39, 0.29) is 40.8 Å². The predicted octanol–water partition coefficient (Wildman–Crippen LogP) is 6.29. The third-order valence-electron chi connectivity index (χ3n) is 8.09. The summed E-state index contributed by atoms with van der Waals surface area (Å²) in [5.74, 6) is 0.137. The molecule has 2 N–H and O–H groups in total. The molecule has 6 nitrogen and oxygen atoms in total. The molecule has 0 bridgehead atoms. The molecule has 0 atom stereocenters. The van der Waals surface area contributed by atoms with Crippen LogP contribution in [0.2, 0.25) is 0 Å². The van der Waals surface area contributed by atoms with Gasteiger partial charge in [0.2, 0.25) is 0 Å². The van der Waals surface area contributed by atoms with Crippen molar-refractivity contribution in [3.63, 3.8) is 0 Å². The van der Waals surface area contributed by atoms with Crippen molar-refractivity contribution in [2.45, 2.75) is 73.1 Å². The zero-order chi connectivity index (χ0) is 28.1. The summed E-state index contributed by atoms with van der Waals surface area (Å²) in [7, 11) is 0. The minimum Gasteiger partial charge on any atom is -0.484 e. The monoisotopic (exact) mass is 526 g/mol. The molecular weight excluding hydrogens is 488 g/mol. The Kier molecular flexibility index (Phi) is 6.78. The van der Waals surface area contributed by atoms with Gasteiger partial charge in [-0.1, -0.05) is 45.9 Å². The number of carbonyl (C=O) groups is 3. The molecule has 39 heavy (non-hydrogen) atoms. The highest BCUT2D eigenvalue weighted by atomic mass is 16.5. The molecule has 1 heterocycles. The van der Waals surface area contributed by atoms with Gasteiger partial charge in [-0.05, 0) is 78.5 Å². The Morgan fingerprint density at radius 2 is 1.41 bits per heavy atom. The molecule has 0 unspecified atom stereocenters. The lowest BCUT2D eigenvalue weighted by Gasteiger charge is -2.44. The van der Waals surface area contributed by atoms with E-state index in [2.05, 4.69) is 38.3 Å². The molecule has 0 saturated carbocycles. The third kappa shape index (κ3) is 5.56. The summed E-state index contributed by atoms with van der Waals surface area (Å²) in [6.07, 6.45) is 2.46. The largest absolute Gasteiger partial charge is 0.484 e. The van der Waals surface area contributed by atoms with E-state index in [0.29, 0.717) is 18.6 Å². The fourth-order valence-corrected chi connectivity index (χ4v) is 6.14. The van der Waals surface area contributed by atoms with Crippen LogP contribution in [0.3, 0.4) is 0 Å². The number of dihydropyridines is 1. The van der Waals surface area contributed by atoms with Crippen molar-refractivity contribution in [1.29, 1.82) is 0 Å². The van der Waals surface area contributed by atoms with Crippen molar-refractivity contribution in [1.82, 2.24) is 5.32 Å². The fraction of sp³-hybridized carbons (Fsp3) is 0.424. The van der Waals surface area contributed by atoms with Gasteiger partial charge in [0.1, 0.15) is 5.75 Å². The van der Waals surface area contributed by atoms with Crippen LogP contribution in [-0.2, 0) is 14.4 Å². The SMILES string of the molecule is Cc1ccc(NC(=O)COc2ccc(C3C4=C(CC(C)(C)CC4=O)NC4=C3C(=O)CC(C)(C)C4)cc2)cc1C. The molecule has 0 radical (unpaired) electrons. The molecule has 1 amide bonds. The number of anilines is 1.